The molecule has 16 heavy (non-hydrogen) atoms. The van der Waals surface area contributed by atoms with Gasteiger partial charge >= 0.3 is 0 Å². The Hall–Kier alpha value is 0.330. The third kappa shape index (κ3) is 2.96. The average molecular weight is 276 g/mol. The second-order valence-electron chi connectivity index (χ2n) is 3.34. The van der Waals surface area contributed by atoms with Gasteiger partial charge in [0.05, 0.1) is 0 Å². The van der Waals surface area contributed by atoms with Gasteiger partial charge in [-0.3, -0.25) is 0 Å². The van der Waals surface area contributed by atoms with Gasteiger partial charge in [-0.1, -0.05) is 0 Å². The number of hydrogen-bond acceptors (Lipinski definition) is 6. The quantitative estimate of drug-likeness (QED) is 0.274. The number of aliphatic hydroxyl groups is 5. The van der Waals surface area contributed by atoms with Crippen molar-refractivity contribution in [3.05, 3.63) is 0 Å². The number of aliphatic hydroxyl groups excluding tert-OH is 5. The van der Waals surface area contributed by atoms with Crippen molar-refractivity contribution in [3.63, 3.8) is 0 Å². The average Bonchev–Trinajstić information content (AvgIpc) is 2.23. The van der Waals surface area contributed by atoms with Crippen molar-refractivity contribution in [1.82, 2.24) is 0 Å². The van der Waals surface area contributed by atoms with E-state index in [0.29, 0.717) is 0 Å². The van der Waals surface area contributed by atoms with Crippen LogP contribution in [0.3, 0.4) is 0 Å². The minimum Gasteiger partial charge on any atom is -0.387 e. The van der Waals surface area contributed by atoms with Crippen LogP contribution in [0.4, 0.5) is 0 Å². The fraction of sp³-hybridized carbons (Fsp3) is 1.00. The lowest BCUT2D eigenvalue weighted by molar-refractivity contribution is -0.214. The molecule has 7 N–H and O–H groups in total. The number of hydrogen-bond donors (Lipinski definition) is 7. The van der Waals surface area contributed by atoms with Crippen LogP contribution in [0.1, 0.15) is 0 Å². The molecule has 0 aromatic heterocycles. The van der Waals surface area contributed by atoms with Gasteiger partial charge in [0.1, 0.15) is 54.8 Å². The second kappa shape index (κ2) is 5.78. The molecule has 1 saturated carbocycles. The summed E-state index contributed by atoms with van der Waals surface area (Å²) in [5.74, 6) is 0. The lowest BCUT2D eigenvalue weighted by Gasteiger charge is -2.40. The Bertz CT molecular complexity index is 255. The van der Waals surface area contributed by atoms with Crippen molar-refractivity contribution in [2.45, 2.75) is 36.6 Å². The van der Waals surface area contributed by atoms with Gasteiger partial charge in [-0.15, -0.1) is 0 Å². The van der Waals surface area contributed by atoms with Crippen LogP contribution < -0.4 is 0 Å². The van der Waals surface area contributed by atoms with E-state index in [9.17, 15) is 25.5 Å². The molecule has 0 spiro atoms. The van der Waals surface area contributed by atoms with Gasteiger partial charge in [-0.05, 0) is 0 Å². The van der Waals surface area contributed by atoms with E-state index in [-0.39, 0.29) is 7.58 Å². The first-order valence-electron chi connectivity index (χ1n) is 4.26. The Kier molecular flexibility index (Phi) is 5.20. The zero-order valence-electron chi connectivity index (χ0n) is 7.86. The standard InChI is InChI=1S/C6H13O8PS/c7-1-2(8)4(10)6(5(11)3(1)9)14-15-16(12)13/h1-13H/t1?,2-,3-,4-,5+,6?/m1/s1. The van der Waals surface area contributed by atoms with E-state index in [4.69, 9.17) is 13.6 Å². The minimum atomic E-state index is -2.08. The molecule has 1 aliphatic rings. The van der Waals surface area contributed by atoms with Crippen LogP contribution in [0.25, 0.3) is 0 Å². The van der Waals surface area contributed by atoms with E-state index in [1.807, 2.05) is 0 Å². The van der Waals surface area contributed by atoms with Crippen LogP contribution in [0, 0.1) is 0 Å². The lowest BCUT2D eigenvalue weighted by Crippen LogP contribution is -2.63. The molecule has 96 valence electrons. The van der Waals surface area contributed by atoms with Crippen LogP contribution in [0.15, 0.2) is 0 Å². The molecule has 1 rings (SSSR count). The molecule has 0 saturated heterocycles. The molecule has 2 unspecified atom stereocenters. The Balaban J connectivity index is 2.78. The van der Waals surface area contributed by atoms with Crippen molar-refractivity contribution < 1.29 is 39.2 Å². The van der Waals surface area contributed by atoms with E-state index in [2.05, 4.69) is 0 Å². The van der Waals surface area contributed by atoms with E-state index in [1.54, 1.807) is 0 Å². The van der Waals surface area contributed by atoms with Gasteiger partial charge < -0.3 is 39.2 Å². The predicted molar refractivity (Wildman–Crippen MR) is 54.4 cm³/mol. The summed E-state index contributed by atoms with van der Waals surface area (Å²) in [6.45, 7) is 0. The summed E-state index contributed by atoms with van der Waals surface area (Å²) in [5.41, 5.74) is 0. The normalized spacial score (nSPS) is 45.2. The molecule has 10 heteroatoms. The highest BCUT2D eigenvalue weighted by atomic mass is 32.5. The summed E-state index contributed by atoms with van der Waals surface area (Å²) < 4.78 is 21.8. The van der Waals surface area contributed by atoms with Crippen LogP contribution in [-0.2, 0) is 15.2 Å². The highest BCUT2D eigenvalue weighted by Crippen LogP contribution is 2.26. The van der Waals surface area contributed by atoms with Gasteiger partial charge in [-0.25, -0.2) is 0 Å². The molecule has 6 atom stereocenters. The van der Waals surface area contributed by atoms with Crippen molar-refractivity contribution in [1.29, 1.82) is 0 Å². The maximum absolute atomic E-state index is 9.44. The van der Waals surface area contributed by atoms with Crippen LogP contribution >= 0.6 is 7.58 Å². The van der Waals surface area contributed by atoms with E-state index in [0.717, 1.165) is 0 Å². The monoisotopic (exact) mass is 276 g/mol. The topological polar surface area (TPSA) is 151 Å². The van der Waals surface area contributed by atoms with E-state index in [1.165, 1.54) is 0 Å². The highest BCUT2D eigenvalue weighted by Gasteiger charge is 2.49. The fourth-order valence-corrected chi connectivity index (χ4v) is 2.36. The van der Waals surface area contributed by atoms with Gasteiger partial charge in [0.15, 0.2) is 0 Å². The van der Waals surface area contributed by atoms with E-state index < -0.39 is 47.3 Å². The van der Waals surface area contributed by atoms with Crippen LogP contribution in [0.2, 0.25) is 0 Å². The van der Waals surface area contributed by atoms with Gasteiger partial charge in [0.2, 0.25) is 0 Å². The maximum Gasteiger partial charge on any atom is 0.147 e. The zero-order valence-corrected chi connectivity index (χ0v) is 9.57. The van der Waals surface area contributed by atoms with Gasteiger partial charge in [-0.2, -0.15) is 0 Å². The van der Waals surface area contributed by atoms with Crippen molar-refractivity contribution in [2.24, 2.45) is 0 Å². The summed E-state index contributed by atoms with van der Waals surface area (Å²) in [5, 5.41) is 46.7. The highest BCUT2D eigenvalue weighted by molar-refractivity contribution is 8.12. The molecule has 0 aromatic carbocycles. The van der Waals surface area contributed by atoms with Crippen molar-refractivity contribution in [3.8, 4) is 0 Å². The van der Waals surface area contributed by atoms with Gasteiger partial charge in [0, 0.05) is 0 Å². The molecular formula is C6H13O8PS. The Morgan fingerprint density at radius 1 is 0.750 bits per heavy atom. The molecule has 1 aliphatic carbocycles. The first kappa shape index (κ1) is 14.4. The first-order chi connectivity index (χ1) is 7.36. The minimum absolute atomic E-state index is 0.328. The number of rotatable bonds is 2. The van der Waals surface area contributed by atoms with Crippen LogP contribution in [0.5, 0.6) is 0 Å². The summed E-state index contributed by atoms with van der Waals surface area (Å²) >= 11 is 0. The van der Waals surface area contributed by atoms with E-state index >= 15 is 0 Å². The Morgan fingerprint density at radius 3 is 1.50 bits per heavy atom. The molecular weight excluding hydrogens is 263 g/mol. The summed E-state index contributed by atoms with van der Waals surface area (Å²) in [6.07, 6.45) is -9.74. The molecule has 0 radical (unpaired) electrons. The summed E-state index contributed by atoms with van der Waals surface area (Å²) in [7, 11) is -2.40. The van der Waals surface area contributed by atoms with Crippen molar-refractivity contribution >= 4 is 18.2 Å². The molecule has 1 fully saturated rings. The van der Waals surface area contributed by atoms with Crippen molar-refractivity contribution in [2.75, 3.05) is 0 Å². The molecule has 0 bridgehead atoms. The molecule has 0 aromatic rings. The second-order valence-corrected chi connectivity index (χ2v) is 5.62. The molecule has 0 amide bonds. The molecule has 0 aliphatic heterocycles. The third-order valence-electron chi connectivity index (χ3n) is 2.30. The maximum atomic E-state index is 9.44. The molecule has 0 heterocycles. The van der Waals surface area contributed by atoms with Gasteiger partial charge in [0.25, 0.3) is 0 Å². The summed E-state index contributed by atoms with van der Waals surface area (Å²) in [4.78, 5) is 0. The third-order valence-corrected chi connectivity index (χ3v) is 3.43. The largest absolute Gasteiger partial charge is 0.387 e. The zero-order chi connectivity index (χ0) is 12.5. The predicted octanol–water partition coefficient (Wildman–Crippen LogP) is -2.47. The fourth-order valence-electron chi connectivity index (χ4n) is 1.41. The van der Waals surface area contributed by atoms with Crippen LogP contribution in [-0.4, -0.2) is 71.3 Å². The summed E-state index contributed by atoms with van der Waals surface area (Å²) in [6, 6.07) is 0. The SMILES string of the molecule is OC1[C@@H](O)[C@H](O)C(OP=S(O)O)[C@H](O)[C@@H]1O. The Labute approximate surface area is 94.6 Å². The first-order valence-corrected chi connectivity index (χ1v) is 6.81. The smallest absolute Gasteiger partial charge is 0.147 e. The molecule has 8 nitrogen and oxygen atoms in total. The lowest BCUT2D eigenvalue weighted by atomic mass is 9.85. The Morgan fingerprint density at radius 2 is 1.12 bits per heavy atom.